The molecule has 0 aliphatic rings. The van der Waals surface area contributed by atoms with Crippen molar-refractivity contribution in [2.24, 2.45) is 0 Å². The molecule has 3 aromatic rings. The monoisotopic (exact) mass is 304 g/mol. The third-order valence-corrected chi connectivity index (χ3v) is 4.25. The van der Waals surface area contributed by atoms with Gasteiger partial charge in [0.15, 0.2) is 0 Å². The number of hydrogen-bond acceptors (Lipinski definition) is 2. The number of carbonyl (C=O) groups is 1. The Bertz CT molecular complexity index is 884. The van der Waals surface area contributed by atoms with Crippen molar-refractivity contribution in [3.63, 3.8) is 0 Å². The molecule has 0 amide bonds. The third-order valence-electron chi connectivity index (χ3n) is 4.25. The van der Waals surface area contributed by atoms with Crippen molar-refractivity contribution in [1.29, 1.82) is 0 Å². The molecule has 2 heteroatoms. The number of esters is 1. The maximum atomic E-state index is 11.7. The lowest BCUT2D eigenvalue weighted by Gasteiger charge is -2.14. The largest absolute Gasteiger partial charge is 0.465 e. The van der Waals surface area contributed by atoms with Gasteiger partial charge in [0.05, 0.1) is 12.7 Å². The zero-order valence-corrected chi connectivity index (χ0v) is 13.9. The summed E-state index contributed by atoms with van der Waals surface area (Å²) < 4.78 is 4.81. The maximum Gasteiger partial charge on any atom is 0.337 e. The lowest BCUT2D eigenvalue weighted by Crippen LogP contribution is -2.00. The van der Waals surface area contributed by atoms with Gasteiger partial charge in [-0.3, -0.25) is 0 Å². The van der Waals surface area contributed by atoms with E-state index in [4.69, 9.17) is 4.74 Å². The highest BCUT2D eigenvalue weighted by Crippen LogP contribution is 2.34. The van der Waals surface area contributed by atoms with Crippen LogP contribution in [0.5, 0.6) is 0 Å². The fraction of sp³-hybridized carbons (Fsp3) is 0.190. The van der Waals surface area contributed by atoms with Crippen LogP contribution in [0.25, 0.3) is 21.9 Å². The Balaban J connectivity index is 2.26. The molecular formula is C21H20O2. The summed E-state index contributed by atoms with van der Waals surface area (Å²) in [6.07, 6.45) is 0. The van der Waals surface area contributed by atoms with Crippen molar-refractivity contribution in [2.75, 3.05) is 7.11 Å². The normalized spacial score (nSPS) is 10.8. The average Bonchev–Trinajstić information content (AvgIpc) is 2.52. The van der Waals surface area contributed by atoms with E-state index in [1.165, 1.54) is 34.9 Å². The van der Waals surface area contributed by atoms with Gasteiger partial charge in [0.25, 0.3) is 0 Å². The van der Waals surface area contributed by atoms with Gasteiger partial charge < -0.3 is 4.74 Å². The summed E-state index contributed by atoms with van der Waals surface area (Å²) in [4.78, 5) is 11.7. The standard InChI is InChI=1S/C21H20O2/c1-13-10-14(2)20(15(3)11-13)19-7-5-6-16-12-17(21(22)23-4)8-9-18(16)19/h5-12H,1-4H3. The molecule has 0 bridgehead atoms. The topological polar surface area (TPSA) is 26.3 Å². The Kier molecular flexibility index (Phi) is 3.91. The molecule has 2 nitrogen and oxygen atoms in total. The molecule has 0 aromatic heterocycles. The van der Waals surface area contributed by atoms with Crippen molar-refractivity contribution in [2.45, 2.75) is 20.8 Å². The Hall–Kier alpha value is -2.61. The van der Waals surface area contributed by atoms with E-state index >= 15 is 0 Å². The van der Waals surface area contributed by atoms with E-state index in [-0.39, 0.29) is 5.97 Å². The van der Waals surface area contributed by atoms with Gasteiger partial charge in [0, 0.05) is 0 Å². The molecule has 3 rings (SSSR count). The number of fused-ring (bicyclic) bond motifs is 1. The SMILES string of the molecule is COC(=O)c1ccc2c(-c3c(C)cc(C)cc3C)cccc2c1. The smallest absolute Gasteiger partial charge is 0.337 e. The van der Waals surface area contributed by atoms with E-state index in [9.17, 15) is 4.79 Å². The number of carbonyl (C=O) groups excluding carboxylic acids is 1. The van der Waals surface area contributed by atoms with E-state index in [1.807, 2.05) is 30.3 Å². The minimum atomic E-state index is -0.306. The minimum absolute atomic E-state index is 0.306. The lowest BCUT2D eigenvalue weighted by atomic mass is 9.90. The first-order chi connectivity index (χ1) is 11.0. The molecular weight excluding hydrogens is 284 g/mol. The summed E-state index contributed by atoms with van der Waals surface area (Å²) in [5, 5.41) is 2.19. The van der Waals surface area contributed by atoms with Gasteiger partial charge >= 0.3 is 5.97 Å². The zero-order valence-electron chi connectivity index (χ0n) is 13.9. The molecule has 0 saturated carbocycles. The lowest BCUT2D eigenvalue weighted by molar-refractivity contribution is 0.0601. The van der Waals surface area contributed by atoms with Crippen LogP contribution in [-0.4, -0.2) is 13.1 Å². The molecule has 3 aromatic carbocycles. The summed E-state index contributed by atoms with van der Waals surface area (Å²) in [5.41, 5.74) is 6.87. The van der Waals surface area contributed by atoms with Crippen molar-refractivity contribution < 1.29 is 9.53 Å². The molecule has 116 valence electrons. The second-order valence-corrected chi connectivity index (χ2v) is 6.01. The number of benzene rings is 3. The van der Waals surface area contributed by atoms with Crippen molar-refractivity contribution >= 4 is 16.7 Å². The summed E-state index contributed by atoms with van der Waals surface area (Å²) in [5.74, 6) is -0.306. The van der Waals surface area contributed by atoms with Gasteiger partial charge in [-0.05, 0) is 65.9 Å². The molecule has 0 unspecified atom stereocenters. The Morgan fingerprint density at radius 3 is 2.26 bits per heavy atom. The van der Waals surface area contributed by atoms with Crippen LogP contribution in [0.4, 0.5) is 0 Å². The van der Waals surface area contributed by atoms with Crippen molar-refractivity contribution in [3.8, 4) is 11.1 Å². The van der Waals surface area contributed by atoms with Gasteiger partial charge in [-0.25, -0.2) is 4.79 Å². The molecule has 0 spiro atoms. The molecule has 23 heavy (non-hydrogen) atoms. The average molecular weight is 304 g/mol. The number of ether oxygens (including phenoxy) is 1. The highest BCUT2D eigenvalue weighted by atomic mass is 16.5. The van der Waals surface area contributed by atoms with Crippen LogP contribution in [0.2, 0.25) is 0 Å². The predicted molar refractivity (Wildman–Crippen MR) is 94.9 cm³/mol. The van der Waals surface area contributed by atoms with Gasteiger partial charge in [0.1, 0.15) is 0 Å². The first kappa shape index (κ1) is 15.3. The quantitative estimate of drug-likeness (QED) is 0.607. The highest BCUT2D eigenvalue weighted by Gasteiger charge is 2.12. The van der Waals surface area contributed by atoms with Gasteiger partial charge in [0.2, 0.25) is 0 Å². The van der Waals surface area contributed by atoms with Crippen LogP contribution >= 0.6 is 0 Å². The Labute approximate surface area is 136 Å². The molecule has 0 aliphatic heterocycles. The second-order valence-electron chi connectivity index (χ2n) is 6.01. The van der Waals surface area contributed by atoms with Crippen molar-refractivity contribution in [1.82, 2.24) is 0 Å². The first-order valence-electron chi connectivity index (χ1n) is 7.70. The molecule has 0 fully saturated rings. The Morgan fingerprint density at radius 2 is 1.61 bits per heavy atom. The summed E-state index contributed by atoms with van der Waals surface area (Å²) in [6, 6.07) is 16.4. The highest BCUT2D eigenvalue weighted by molar-refractivity contribution is 6.02. The van der Waals surface area contributed by atoms with Crippen LogP contribution in [0.3, 0.4) is 0 Å². The summed E-state index contributed by atoms with van der Waals surface area (Å²) in [7, 11) is 1.40. The van der Waals surface area contributed by atoms with Gasteiger partial charge in [-0.15, -0.1) is 0 Å². The van der Waals surface area contributed by atoms with E-state index in [0.717, 1.165) is 10.8 Å². The fourth-order valence-electron chi connectivity index (χ4n) is 3.35. The molecule has 0 N–H and O–H groups in total. The minimum Gasteiger partial charge on any atom is -0.465 e. The van der Waals surface area contributed by atoms with E-state index in [2.05, 4.69) is 39.0 Å². The molecule has 0 atom stereocenters. The van der Waals surface area contributed by atoms with Crippen LogP contribution in [0.1, 0.15) is 27.0 Å². The molecule has 0 heterocycles. The van der Waals surface area contributed by atoms with E-state index in [0.29, 0.717) is 5.56 Å². The third kappa shape index (κ3) is 2.72. The first-order valence-corrected chi connectivity index (χ1v) is 7.70. The van der Waals surface area contributed by atoms with Gasteiger partial charge in [-0.1, -0.05) is 42.0 Å². The summed E-state index contributed by atoms with van der Waals surface area (Å²) >= 11 is 0. The van der Waals surface area contributed by atoms with Crippen LogP contribution in [-0.2, 0) is 4.74 Å². The van der Waals surface area contributed by atoms with E-state index < -0.39 is 0 Å². The number of methoxy groups -OCH3 is 1. The van der Waals surface area contributed by atoms with Crippen molar-refractivity contribution in [3.05, 3.63) is 70.8 Å². The Morgan fingerprint density at radius 1 is 0.913 bits per heavy atom. The predicted octanol–water partition coefficient (Wildman–Crippen LogP) is 5.22. The van der Waals surface area contributed by atoms with Gasteiger partial charge in [-0.2, -0.15) is 0 Å². The van der Waals surface area contributed by atoms with Crippen LogP contribution in [0.15, 0.2) is 48.5 Å². The molecule has 0 aliphatic carbocycles. The second kappa shape index (κ2) is 5.88. The van der Waals surface area contributed by atoms with E-state index in [1.54, 1.807) is 0 Å². The van der Waals surface area contributed by atoms with Crippen LogP contribution < -0.4 is 0 Å². The zero-order chi connectivity index (χ0) is 16.6. The number of rotatable bonds is 2. The number of aryl methyl sites for hydroxylation is 3. The number of hydrogen-bond donors (Lipinski definition) is 0. The summed E-state index contributed by atoms with van der Waals surface area (Å²) in [6.45, 7) is 6.42. The maximum absolute atomic E-state index is 11.7. The fourth-order valence-corrected chi connectivity index (χ4v) is 3.35. The molecule has 0 saturated heterocycles. The van der Waals surface area contributed by atoms with Crippen LogP contribution in [0, 0.1) is 20.8 Å². The molecule has 0 radical (unpaired) electrons.